The molecule has 0 heterocycles. The van der Waals surface area contributed by atoms with Gasteiger partial charge in [-0.15, -0.1) is 0 Å². The van der Waals surface area contributed by atoms with Crippen LogP contribution >= 0.6 is 0 Å². The second kappa shape index (κ2) is 3.44. The first-order chi connectivity index (χ1) is 6.29. The van der Waals surface area contributed by atoms with Crippen molar-refractivity contribution >= 4 is 16.0 Å². The van der Waals surface area contributed by atoms with Crippen molar-refractivity contribution in [1.82, 2.24) is 0 Å². The molecule has 1 atom stereocenters. The number of rotatable bonds is 1. The molecular formula is C10H9O2S-. The van der Waals surface area contributed by atoms with Crippen LogP contribution in [0.5, 0.6) is 0 Å². The number of aryl methyl sites for hydroxylation is 1. The van der Waals surface area contributed by atoms with Crippen LogP contribution < -0.4 is 0 Å². The first-order valence-corrected chi connectivity index (χ1v) is 5.24. The van der Waals surface area contributed by atoms with Gasteiger partial charge in [0.1, 0.15) is 0 Å². The highest BCUT2D eigenvalue weighted by Crippen LogP contribution is 2.27. The van der Waals surface area contributed by atoms with Crippen LogP contribution in [-0.4, -0.2) is 8.76 Å². The molecule has 1 aromatic carbocycles. The van der Waals surface area contributed by atoms with Gasteiger partial charge in [-0.05, 0) is 35.0 Å². The first kappa shape index (κ1) is 8.66. The Bertz CT molecular complexity index is 382. The van der Waals surface area contributed by atoms with Gasteiger partial charge >= 0.3 is 0 Å². The SMILES string of the molecule is O=S([O-])C1=CCCc2ccccc21. The Morgan fingerprint density at radius 2 is 2.08 bits per heavy atom. The molecule has 0 aliphatic heterocycles. The summed E-state index contributed by atoms with van der Waals surface area (Å²) in [6.07, 6.45) is 3.54. The molecule has 68 valence electrons. The summed E-state index contributed by atoms with van der Waals surface area (Å²) in [4.78, 5) is 0.446. The van der Waals surface area contributed by atoms with Gasteiger partial charge in [-0.25, -0.2) is 0 Å². The van der Waals surface area contributed by atoms with Gasteiger partial charge in [-0.2, -0.15) is 0 Å². The molecule has 1 unspecified atom stereocenters. The quantitative estimate of drug-likeness (QED) is 0.638. The van der Waals surface area contributed by atoms with Gasteiger partial charge in [0.2, 0.25) is 0 Å². The van der Waals surface area contributed by atoms with Crippen molar-refractivity contribution in [3.63, 3.8) is 0 Å². The molecule has 0 bridgehead atoms. The van der Waals surface area contributed by atoms with Crippen LogP contribution in [0.2, 0.25) is 0 Å². The number of hydrogen-bond donors (Lipinski definition) is 0. The van der Waals surface area contributed by atoms with E-state index in [1.54, 1.807) is 6.08 Å². The van der Waals surface area contributed by atoms with Gasteiger partial charge in [0.15, 0.2) is 0 Å². The fraction of sp³-hybridized carbons (Fsp3) is 0.200. The molecule has 0 radical (unpaired) electrons. The maximum atomic E-state index is 10.8. The average Bonchev–Trinajstić information content (AvgIpc) is 2.17. The zero-order valence-corrected chi connectivity index (χ0v) is 7.84. The van der Waals surface area contributed by atoms with Crippen LogP contribution in [0.15, 0.2) is 30.3 Å². The lowest BCUT2D eigenvalue weighted by Crippen LogP contribution is -2.03. The molecule has 0 fully saturated rings. The summed E-state index contributed by atoms with van der Waals surface area (Å²) in [5, 5.41) is 0. The van der Waals surface area contributed by atoms with Gasteiger partial charge in [0, 0.05) is 4.91 Å². The number of allylic oxidation sites excluding steroid dienone is 1. The Morgan fingerprint density at radius 3 is 2.85 bits per heavy atom. The summed E-state index contributed by atoms with van der Waals surface area (Å²) in [6, 6.07) is 7.64. The van der Waals surface area contributed by atoms with E-state index < -0.39 is 11.1 Å². The molecule has 3 heteroatoms. The summed E-state index contributed by atoms with van der Waals surface area (Å²) in [7, 11) is 0. The lowest BCUT2D eigenvalue weighted by atomic mass is 9.97. The highest BCUT2D eigenvalue weighted by atomic mass is 32.2. The molecule has 1 aromatic rings. The molecular weight excluding hydrogens is 184 g/mol. The predicted molar refractivity (Wildman–Crippen MR) is 51.7 cm³/mol. The summed E-state index contributed by atoms with van der Waals surface area (Å²) in [5.74, 6) is 0. The standard InChI is InChI=1S/C10H10O2S/c11-13(12)10-7-3-5-8-4-1-2-6-9(8)10/h1-2,4,6-7H,3,5H2,(H,11,12)/p-1. The van der Waals surface area contributed by atoms with Crippen molar-refractivity contribution in [2.24, 2.45) is 0 Å². The molecule has 1 aliphatic carbocycles. The fourth-order valence-corrected chi connectivity index (χ4v) is 2.24. The fourth-order valence-electron chi connectivity index (χ4n) is 1.61. The minimum atomic E-state index is -2.10. The van der Waals surface area contributed by atoms with Crippen molar-refractivity contribution in [2.45, 2.75) is 12.8 Å². The van der Waals surface area contributed by atoms with Gasteiger partial charge in [0.05, 0.1) is 0 Å². The van der Waals surface area contributed by atoms with Crippen molar-refractivity contribution in [3.05, 3.63) is 41.5 Å². The third-order valence-electron chi connectivity index (χ3n) is 2.21. The van der Waals surface area contributed by atoms with Crippen molar-refractivity contribution in [3.8, 4) is 0 Å². The third kappa shape index (κ3) is 1.57. The maximum absolute atomic E-state index is 10.8. The molecule has 1 aliphatic rings. The normalized spacial score (nSPS) is 17.5. The van der Waals surface area contributed by atoms with E-state index in [2.05, 4.69) is 0 Å². The third-order valence-corrected chi connectivity index (χ3v) is 2.95. The Kier molecular flexibility index (Phi) is 2.29. The summed E-state index contributed by atoms with van der Waals surface area (Å²) in [5.41, 5.74) is 1.99. The van der Waals surface area contributed by atoms with Crippen LogP contribution in [-0.2, 0) is 17.5 Å². The van der Waals surface area contributed by atoms with Crippen LogP contribution in [0.4, 0.5) is 0 Å². The van der Waals surface area contributed by atoms with E-state index in [-0.39, 0.29) is 0 Å². The van der Waals surface area contributed by atoms with E-state index >= 15 is 0 Å². The highest BCUT2D eigenvalue weighted by molar-refractivity contribution is 7.89. The minimum Gasteiger partial charge on any atom is -0.768 e. The molecule has 0 N–H and O–H groups in total. The van der Waals surface area contributed by atoms with E-state index in [9.17, 15) is 8.76 Å². The minimum absolute atomic E-state index is 0.446. The van der Waals surface area contributed by atoms with Crippen molar-refractivity contribution in [2.75, 3.05) is 0 Å². The molecule has 2 rings (SSSR count). The smallest absolute Gasteiger partial charge is 0.0284 e. The molecule has 0 aromatic heterocycles. The average molecular weight is 193 g/mol. The molecule has 13 heavy (non-hydrogen) atoms. The number of fused-ring (bicyclic) bond motifs is 1. The van der Waals surface area contributed by atoms with Crippen LogP contribution in [0.3, 0.4) is 0 Å². The van der Waals surface area contributed by atoms with Crippen LogP contribution in [0, 0.1) is 0 Å². The lowest BCUT2D eigenvalue weighted by Gasteiger charge is -2.18. The van der Waals surface area contributed by atoms with E-state index in [1.165, 1.54) is 0 Å². The van der Waals surface area contributed by atoms with E-state index in [4.69, 9.17) is 0 Å². The molecule has 0 spiro atoms. The summed E-state index contributed by atoms with van der Waals surface area (Å²) < 4.78 is 21.7. The zero-order chi connectivity index (χ0) is 9.26. The Morgan fingerprint density at radius 1 is 1.31 bits per heavy atom. The number of benzene rings is 1. The molecule has 2 nitrogen and oxygen atoms in total. The second-order valence-corrected chi connectivity index (χ2v) is 3.91. The number of hydrogen-bond acceptors (Lipinski definition) is 2. The Labute approximate surface area is 79.6 Å². The summed E-state index contributed by atoms with van der Waals surface area (Å²) in [6.45, 7) is 0. The van der Waals surface area contributed by atoms with Crippen LogP contribution in [0.1, 0.15) is 17.5 Å². The van der Waals surface area contributed by atoms with Gasteiger partial charge in [0.25, 0.3) is 0 Å². The Balaban J connectivity index is 2.53. The summed E-state index contributed by atoms with van der Waals surface area (Å²) >= 11 is -2.10. The Hall–Kier alpha value is -0.930. The van der Waals surface area contributed by atoms with E-state index in [1.807, 2.05) is 24.3 Å². The lowest BCUT2D eigenvalue weighted by molar-refractivity contribution is 0.547. The van der Waals surface area contributed by atoms with Gasteiger partial charge in [-0.1, -0.05) is 30.3 Å². The first-order valence-electron chi connectivity index (χ1n) is 4.17. The van der Waals surface area contributed by atoms with E-state index in [0.717, 1.165) is 24.0 Å². The van der Waals surface area contributed by atoms with Crippen LogP contribution in [0.25, 0.3) is 4.91 Å². The van der Waals surface area contributed by atoms with Gasteiger partial charge < -0.3 is 4.55 Å². The second-order valence-electron chi connectivity index (χ2n) is 3.00. The molecule has 0 saturated carbocycles. The monoisotopic (exact) mass is 193 g/mol. The molecule has 0 saturated heterocycles. The largest absolute Gasteiger partial charge is 0.768 e. The van der Waals surface area contributed by atoms with Crippen molar-refractivity contribution < 1.29 is 8.76 Å². The topological polar surface area (TPSA) is 40.1 Å². The molecule has 0 amide bonds. The van der Waals surface area contributed by atoms with Crippen molar-refractivity contribution in [1.29, 1.82) is 0 Å². The predicted octanol–water partition coefficient (Wildman–Crippen LogP) is 1.85. The maximum Gasteiger partial charge on any atom is 0.0284 e. The van der Waals surface area contributed by atoms with Gasteiger partial charge in [-0.3, -0.25) is 4.21 Å². The van der Waals surface area contributed by atoms with E-state index in [0.29, 0.717) is 4.91 Å². The zero-order valence-electron chi connectivity index (χ0n) is 7.03. The highest BCUT2D eigenvalue weighted by Gasteiger charge is 2.11.